The molecule has 0 atom stereocenters. The Labute approximate surface area is 131 Å². The molecule has 1 aromatic rings. The van der Waals surface area contributed by atoms with E-state index in [1.165, 1.54) is 6.20 Å². The third kappa shape index (κ3) is 3.31. The van der Waals surface area contributed by atoms with E-state index in [0.717, 1.165) is 0 Å². The number of ether oxygens (including phenoxy) is 1. The minimum Gasteiger partial charge on any atom is -0.481 e. The number of aromatic nitrogens is 1. The SMILES string of the molecule is COc1cc(N=C/C(=C\N)B2OC(C)(C)C(C)(C)O2)ccn1. The van der Waals surface area contributed by atoms with Crippen molar-refractivity contribution in [3.63, 3.8) is 0 Å². The average Bonchev–Trinajstić information content (AvgIpc) is 2.68. The van der Waals surface area contributed by atoms with Crippen molar-refractivity contribution in [3.8, 4) is 5.88 Å². The highest BCUT2D eigenvalue weighted by molar-refractivity contribution is 6.60. The van der Waals surface area contributed by atoms with Crippen LogP contribution in [0, 0.1) is 0 Å². The molecule has 0 aromatic carbocycles. The highest BCUT2D eigenvalue weighted by atomic mass is 16.7. The molecule has 0 spiro atoms. The molecule has 0 aliphatic carbocycles. The second-order valence-electron chi connectivity index (χ2n) is 6.07. The zero-order valence-corrected chi connectivity index (χ0v) is 13.7. The maximum absolute atomic E-state index is 5.95. The van der Waals surface area contributed by atoms with Crippen LogP contribution in [0.4, 0.5) is 5.69 Å². The van der Waals surface area contributed by atoms with Crippen LogP contribution in [0.3, 0.4) is 0 Å². The van der Waals surface area contributed by atoms with Gasteiger partial charge in [0.15, 0.2) is 0 Å². The summed E-state index contributed by atoms with van der Waals surface area (Å²) in [4.78, 5) is 8.41. The molecule has 0 amide bonds. The van der Waals surface area contributed by atoms with Gasteiger partial charge in [-0.1, -0.05) is 0 Å². The first-order valence-electron chi connectivity index (χ1n) is 7.10. The van der Waals surface area contributed by atoms with Crippen LogP contribution in [-0.2, 0) is 9.31 Å². The van der Waals surface area contributed by atoms with Crippen LogP contribution in [0.2, 0.25) is 0 Å². The minimum atomic E-state index is -0.539. The summed E-state index contributed by atoms with van der Waals surface area (Å²) in [5, 5.41) is 0. The maximum atomic E-state index is 5.95. The van der Waals surface area contributed by atoms with Crippen LogP contribution in [-0.4, -0.2) is 36.6 Å². The Morgan fingerprint density at radius 3 is 2.50 bits per heavy atom. The summed E-state index contributed by atoms with van der Waals surface area (Å²) in [6.45, 7) is 7.97. The van der Waals surface area contributed by atoms with Gasteiger partial charge in [-0.2, -0.15) is 0 Å². The molecule has 2 N–H and O–H groups in total. The molecule has 118 valence electrons. The minimum absolute atomic E-state index is 0.417. The molecule has 2 rings (SSSR count). The van der Waals surface area contributed by atoms with Gasteiger partial charge in [0.25, 0.3) is 0 Å². The van der Waals surface area contributed by atoms with E-state index in [1.54, 1.807) is 31.7 Å². The molecule has 6 nitrogen and oxygen atoms in total. The summed E-state index contributed by atoms with van der Waals surface area (Å²) in [6.07, 6.45) is 4.72. The predicted octanol–water partition coefficient (Wildman–Crippen LogP) is 2.27. The van der Waals surface area contributed by atoms with Crippen molar-refractivity contribution in [2.45, 2.75) is 38.9 Å². The number of nitrogens with zero attached hydrogens (tertiary/aromatic N) is 2. The Bertz CT molecular complexity index is 583. The van der Waals surface area contributed by atoms with Crippen LogP contribution < -0.4 is 10.5 Å². The van der Waals surface area contributed by atoms with Gasteiger partial charge in [-0.25, -0.2) is 4.98 Å². The van der Waals surface area contributed by atoms with E-state index in [2.05, 4.69) is 9.98 Å². The predicted molar refractivity (Wildman–Crippen MR) is 87.3 cm³/mol. The van der Waals surface area contributed by atoms with E-state index in [-0.39, 0.29) is 0 Å². The number of pyridine rings is 1. The Balaban J connectivity index is 2.15. The number of aliphatic imine (C=N–C) groups is 1. The molecule has 0 bridgehead atoms. The fraction of sp³-hybridized carbons (Fsp3) is 0.467. The summed E-state index contributed by atoms with van der Waals surface area (Å²) < 4.78 is 17.0. The average molecular weight is 303 g/mol. The quantitative estimate of drug-likeness (QED) is 0.682. The van der Waals surface area contributed by atoms with Crippen molar-refractivity contribution in [2.75, 3.05) is 7.11 Å². The number of allylic oxidation sites excluding steroid dienone is 1. The van der Waals surface area contributed by atoms with Gasteiger partial charge in [0.05, 0.1) is 24.0 Å². The lowest BCUT2D eigenvalue weighted by molar-refractivity contribution is 0.00578. The van der Waals surface area contributed by atoms with Gasteiger partial charge in [-0.15, -0.1) is 0 Å². The zero-order valence-electron chi connectivity index (χ0n) is 13.7. The maximum Gasteiger partial charge on any atom is 0.497 e. The Kier molecular flexibility index (Phi) is 4.58. The second kappa shape index (κ2) is 6.10. The summed E-state index contributed by atoms with van der Waals surface area (Å²) >= 11 is 0. The normalized spacial score (nSPS) is 20.6. The lowest BCUT2D eigenvalue weighted by Crippen LogP contribution is -2.41. The van der Waals surface area contributed by atoms with Gasteiger partial charge in [0.1, 0.15) is 0 Å². The Morgan fingerprint density at radius 1 is 1.32 bits per heavy atom. The largest absolute Gasteiger partial charge is 0.497 e. The van der Waals surface area contributed by atoms with Crippen molar-refractivity contribution in [3.05, 3.63) is 30.0 Å². The van der Waals surface area contributed by atoms with Crippen LogP contribution in [0.25, 0.3) is 0 Å². The van der Waals surface area contributed by atoms with Gasteiger partial charge in [0, 0.05) is 24.0 Å². The van der Waals surface area contributed by atoms with Crippen molar-refractivity contribution in [1.29, 1.82) is 0 Å². The number of nitrogens with two attached hydrogens (primary N) is 1. The number of hydrogen-bond donors (Lipinski definition) is 1. The smallest absolute Gasteiger partial charge is 0.481 e. The zero-order chi connectivity index (χ0) is 16.4. The molecule has 1 aliphatic rings. The molecule has 22 heavy (non-hydrogen) atoms. The van der Waals surface area contributed by atoms with Crippen LogP contribution >= 0.6 is 0 Å². The molecule has 1 saturated heterocycles. The molecule has 0 radical (unpaired) electrons. The lowest BCUT2D eigenvalue weighted by Gasteiger charge is -2.32. The van der Waals surface area contributed by atoms with E-state index in [4.69, 9.17) is 19.8 Å². The van der Waals surface area contributed by atoms with E-state index < -0.39 is 18.3 Å². The second-order valence-corrected chi connectivity index (χ2v) is 6.07. The van der Waals surface area contributed by atoms with Gasteiger partial charge >= 0.3 is 7.12 Å². The van der Waals surface area contributed by atoms with Crippen molar-refractivity contribution in [1.82, 2.24) is 4.98 Å². The first kappa shape index (κ1) is 16.5. The Hall–Kier alpha value is -1.86. The molecule has 1 aliphatic heterocycles. The summed E-state index contributed by atoms with van der Waals surface area (Å²) in [7, 11) is 1.02. The number of methoxy groups -OCH3 is 1. The topological polar surface area (TPSA) is 79.0 Å². The van der Waals surface area contributed by atoms with Crippen molar-refractivity contribution < 1.29 is 14.0 Å². The highest BCUT2D eigenvalue weighted by Gasteiger charge is 2.52. The molecule has 1 fully saturated rings. The fourth-order valence-electron chi connectivity index (χ4n) is 1.90. The van der Waals surface area contributed by atoms with Crippen LogP contribution in [0.15, 0.2) is 35.0 Å². The van der Waals surface area contributed by atoms with E-state index in [1.807, 2.05) is 27.7 Å². The summed E-state index contributed by atoms with van der Waals surface area (Å²) in [6, 6.07) is 3.51. The third-order valence-corrected chi connectivity index (χ3v) is 4.01. The molecular weight excluding hydrogens is 281 g/mol. The Morgan fingerprint density at radius 2 is 1.95 bits per heavy atom. The number of rotatable bonds is 4. The highest BCUT2D eigenvalue weighted by Crippen LogP contribution is 2.38. The van der Waals surface area contributed by atoms with E-state index >= 15 is 0 Å². The summed E-state index contributed by atoms with van der Waals surface area (Å²) in [5.74, 6) is 0.503. The van der Waals surface area contributed by atoms with Gasteiger partial charge in [0.2, 0.25) is 5.88 Å². The third-order valence-electron chi connectivity index (χ3n) is 4.01. The monoisotopic (exact) mass is 303 g/mol. The van der Waals surface area contributed by atoms with Crippen molar-refractivity contribution >= 4 is 19.0 Å². The molecule has 7 heteroatoms. The van der Waals surface area contributed by atoms with E-state index in [0.29, 0.717) is 17.0 Å². The molecule has 2 heterocycles. The van der Waals surface area contributed by atoms with Gasteiger partial charge in [-0.3, -0.25) is 4.99 Å². The first-order chi connectivity index (χ1) is 10.3. The molecular formula is C15H22BN3O3. The molecule has 0 unspecified atom stereocenters. The summed E-state index contributed by atoms with van der Waals surface area (Å²) in [5.41, 5.74) is 6.24. The van der Waals surface area contributed by atoms with E-state index in [9.17, 15) is 0 Å². The lowest BCUT2D eigenvalue weighted by atomic mass is 9.79. The first-order valence-corrected chi connectivity index (χ1v) is 7.10. The van der Waals surface area contributed by atoms with Gasteiger partial charge < -0.3 is 19.8 Å². The van der Waals surface area contributed by atoms with Crippen molar-refractivity contribution in [2.24, 2.45) is 10.7 Å². The molecule has 1 aromatic heterocycles. The fourth-order valence-corrected chi connectivity index (χ4v) is 1.90. The number of hydrogen-bond acceptors (Lipinski definition) is 6. The molecule has 0 saturated carbocycles. The standard InChI is InChI=1S/C15H22BN3O3/c1-14(2)15(3,4)22-16(21-14)11(9-17)10-19-12-6-7-18-13(8-12)20-5/h6-10H,17H2,1-5H3/b11-9+,19-10?. The van der Waals surface area contributed by atoms with Gasteiger partial charge in [-0.05, 0) is 40.0 Å². The van der Waals surface area contributed by atoms with Crippen LogP contribution in [0.1, 0.15) is 27.7 Å². The van der Waals surface area contributed by atoms with Crippen LogP contribution in [0.5, 0.6) is 5.88 Å².